The number of amides is 2. The zero-order chi connectivity index (χ0) is 26.4. The molecule has 4 N–H and O–H groups in total. The zero-order valence-electron chi connectivity index (χ0n) is 21.8. The number of hydrogen-bond donors (Lipinski definition) is 3. The normalized spacial score (nSPS) is 25.6. The van der Waals surface area contributed by atoms with Crippen molar-refractivity contribution in [1.82, 2.24) is 15.2 Å². The lowest BCUT2D eigenvalue weighted by atomic mass is 9.80. The molecular weight excluding hydrogens is 486 g/mol. The van der Waals surface area contributed by atoms with E-state index < -0.39 is 0 Å². The van der Waals surface area contributed by atoms with Gasteiger partial charge in [-0.2, -0.15) is 10.8 Å². The SMILES string of the molecule is N[N+]12C=CN=CC1=C(C1CCC(CNC(=O)N3C=Cc4ccccc4C3)CC1)N=C2c1cc2ccccc2[nH]1. The van der Waals surface area contributed by atoms with E-state index in [4.69, 9.17) is 10.8 Å². The number of allylic oxidation sites excluding steroid dienone is 2. The average Bonchev–Trinajstić information content (AvgIpc) is 3.54. The van der Waals surface area contributed by atoms with E-state index in [-0.39, 0.29) is 10.6 Å². The van der Waals surface area contributed by atoms with Crippen molar-refractivity contribution < 1.29 is 9.39 Å². The Labute approximate surface area is 227 Å². The summed E-state index contributed by atoms with van der Waals surface area (Å²) in [5.41, 5.74) is 6.33. The van der Waals surface area contributed by atoms with Crippen molar-refractivity contribution in [1.29, 1.82) is 0 Å². The van der Waals surface area contributed by atoms with Crippen LogP contribution in [0.1, 0.15) is 42.5 Å². The molecule has 1 saturated carbocycles. The number of carbonyl (C=O) groups is 1. The van der Waals surface area contributed by atoms with Crippen molar-refractivity contribution in [3.8, 4) is 0 Å². The standard InChI is InChI=1S/C31H31N7O/c32-38-16-14-33-19-28(38)29(36-30(38)27-17-24-6-3-4-8-26(24)35-27)23-11-9-21(10-12-23)18-34-31(39)37-15-13-22-5-1-2-7-25(22)20-37/h1-8,13-17,19,21,23H,9-12,18,20,32H2,(H-,33,34,35,36,39)/p+1. The maximum absolute atomic E-state index is 12.9. The minimum Gasteiger partial charge on any atom is -0.349 e. The predicted octanol–water partition coefficient (Wildman–Crippen LogP) is 5.39. The zero-order valence-corrected chi connectivity index (χ0v) is 21.8. The molecule has 4 aliphatic rings. The van der Waals surface area contributed by atoms with Crippen LogP contribution < -0.4 is 11.2 Å². The quantitative estimate of drug-likeness (QED) is 0.319. The molecule has 1 unspecified atom stereocenters. The third-order valence-corrected chi connectivity index (χ3v) is 8.46. The number of nitrogens with one attached hydrogen (secondary N) is 2. The molecule has 4 heterocycles. The highest BCUT2D eigenvalue weighted by Gasteiger charge is 2.46. The van der Waals surface area contributed by atoms with Crippen LogP contribution in [0.5, 0.6) is 0 Å². The van der Waals surface area contributed by atoms with E-state index in [0.29, 0.717) is 24.9 Å². The molecule has 3 aromatic rings. The number of H-pyrrole nitrogens is 1. The van der Waals surface area contributed by atoms with Crippen molar-refractivity contribution in [2.24, 2.45) is 27.7 Å². The fourth-order valence-corrected chi connectivity index (χ4v) is 6.24. The summed E-state index contributed by atoms with van der Waals surface area (Å²) in [6, 6.07) is 18.5. The highest BCUT2D eigenvalue weighted by molar-refractivity contribution is 6.02. The highest BCUT2D eigenvalue weighted by Crippen LogP contribution is 2.41. The van der Waals surface area contributed by atoms with Gasteiger partial charge in [-0.15, -0.1) is 4.59 Å². The summed E-state index contributed by atoms with van der Waals surface area (Å²) in [4.78, 5) is 27.7. The van der Waals surface area contributed by atoms with Crippen LogP contribution in [0.25, 0.3) is 17.0 Å². The molecule has 1 fully saturated rings. The summed E-state index contributed by atoms with van der Waals surface area (Å²) in [5.74, 6) is 8.52. The third kappa shape index (κ3) is 4.22. The van der Waals surface area contributed by atoms with Gasteiger partial charge in [-0.05, 0) is 60.9 Å². The number of quaternary nitrogens is 1. The number of nitrogens with zero attached hydrogens (tertiary/aromatic N) is 4. The molecule has 39 heavy (non-hydrogen) atoms. The molecule has 2 aromatic carbocycles. The molecule has 8 nitrogen and oxygen atoms in total. The van der Waals surface area contributed by atoms with Gasteiger partial charge < -0.3 is 10.3 Å². The molecule has 0 saturated heterocycles. The smallest absolute Gasteiger partial charge is 0.321 e. The van der Waals surface area contributed by atoms with E-state index in [1.807, 2.05) is 49.0 Å². The van der Waals surface area contributed by atoms with Crippen molar-refractivity contribution in [2.45, 2.75) is 32.2 Å². The number of amidine groups is 1. The molecule has 3 aliphatic heterocycles. The van der Waals surface area contributed by atoms with Gasteiger partial charge in [0.15, 0.2) is 0 Å². The molecule has 1 aliphatic carbocycles. The van der Waals surface area contributed by atoms with Gasteiger partial charge in [-0.1, -0.05) is 42.5 Å². The van der Waals surface area contributed by atoms with Crippen LogP contribution in [0.3, 0.4) is 0 Å². The number of urea groups is 1. The second kappa shape index (κ2) is 9.48. The van der Waals surface area contributed by atoms with Crippen LogP contribution >= 0.6 is 0 Å². The first-order valence-electron chi connectivity index (χ1n) is 13.7. The maximum atomic E-state index is 12.9. The maximum Gasteiger partial charge on any atom is 0.321 e. The second-order valence-corrected chi connectivity index (χ2v) is 10.9. The van der Waals surface area contributed by atoms with Crippen LogP contribution in [0.15, 0.2) is 94.6 Å². The fraction of sp³-hybridized carbons (Fsp3) is 0.258. The van der Waals surface area contributed by atoms with Crippen molar-refractivity contribution in [2.75, 3.05) is 6.54 Å². The second-order valence-electron chi connectivity index (χ2n) is 10.9. The number of nitrogens with two attached hydrogens (primary N) is 1. The predicted molar refractivity (Wildman–Crippen MR) is 154 cm³/mol. The van der Waals surface area contributed by atoms with E-state index in [1.54, 1.807) is 11.1 Å². The molecule has 0 bridgehead atoms. The molecule has 0 radical (unpaired) electrons. The number of fused-ring (bicyclic) bond motifs is 3. The van der Waals surface area contributed by atoms with Gasteiger partial charge >= 0.3 is 6.03 Å². The molecule has 8 heteroatoms. The summed E-state index contributed by atoms with van der Waals surface area (Å²) < 4.78 is 0.0358. The van der Waals surface area contributed by atoms with E-state index >= 15 is 0 Å². The molecular formula is C31H32N7O+. The molecule has 0 spiro atoms. The number of carbonyl (C=O) groups excluding carboxylic acids is 1. The molecule has 1 aromatic heterocycles. The summed E-state index contributed by atoms with van der Waals surface area (Å²) in [7, 11) is 0. The van der Waals surface area contributed by atoms with Crippen molar-refractivity contribution >= 4 is 35.1 Å². The molecule has 196 valence electrons. The number of hydrogen-bond acceptors (Lipinski definition) is 4. The van der Waals surface area contributed by atoms with Gasteiger partial charge in [0, 0.05) is 29.6 Å². The first-order chi connectivity index (χ1) is 19.1. The highest BCUT2D eigenvalue weighted by atomic mass is 16.2. The molecule has 7 rings (SSSR count). The Balaban J connectivity index is 1.02. The lowest BCUT2D eigenvalue weighted by molar-refractivity contribution is -0.750. The van der Waals surface area contributed by atoms with Gasteiger partial charge in [-0.25, -0.2) is 4.79 Å². The number of aliphatic imine (C=N–C) groups is 2. The van der Waals surface area contributed by atoms with Crippen LogP contribution in [-0.2, 0) is 6.54 Å². The summed E-state index contributed by atoms with van der Waals surface area (Å²) in [6.45, 7) is 1.29. The summed E-state index contributed by atoms with van der Waals surface area (Å²) >= 11 is 0. The minimum atomic E-state index is -0.0356. The Morgan fingerprint density at radius 3 is 2.79 bits per heavy atom. The van der Waals surface area contributed by atoms with Gasteiger partial charge in [0.25, 0.3) is 5.84 Å². The number of aromatic amines is 1. The Bertz CT molecular complexity index is 1570. The Morgan fingerprint density at radius 1 is 1.10 bits per heavy atom. The monoisotopic (exact) mass is 518 g/mol. The number of benzene rings is 2. The Hall–Kier alpha value is -4.27. The third-order valence-electron chi connectivity index (χ3n) is 8.46. The molecule has 2 amide bonds. The minimum absolute atomic E-state index is 0.0356. The van der Waals surface area contributed by atoms with E-state index in [2.05, 4.69) is 45.6 Å². The summed E-state index contributed by atoms with van der Waals surface area (Å²) in [5, 5.41) is 4.31. The Kier molecular flexibility index (Phi) is 5.79. The largest absolute Gasteiger partial charge is 0.349 e. The molecule has 1 atom stereocenters. The topological polar surface area (TPSA) is 98.9 Å². The van der Waals surface area contributed by atoms with Gasteiger partial charge in [0.1, 0.15) is 17.6 Å². The number of para-hydroxylation sites is 1. The van der Waals surface area contributed by atoms with Crippen molar-refractivity contribution in [3.05, 3.63) is 101 Å². The summed E-state index contributed by atoms with van der Waals surface area (Å²) in [6.07, 6.45) is 13.5. The van der Waals surface area contributed by atoms with Crippen LogP contribution in [-0.4, -0.2) is 39.1 Å². The van der Waals surface area contributed by atoms with E-state index in [0.717, 1.165) is 59.5 Å². The van der Waals surface area contributed by atoms with Crippen LogP contribution in [0.4, 0.5) is 4.79 Å². The lowest BCUT2D eigenvalue weighted by Gasteiger charge is -2.30. The first-order valence-corrected chi connectivity index (χ1v) is 13.7. The van der Waals surface area contributed by atoms with Crippen molar-refractivity contribution in [3.63, 3.8) is 0 Å². The lowest BCUT2D eigenvalue weighted by Crippen LogP contribution is -2.53. The first kappa shape index (κ1) is 23.8. The average molecular weight is 519 g/mol. The van der Waals surface area contributed by atoms with E-state index in [9.17, 15) is 4.79 Å². The Morgan fingerprint density at radius 2 is 1.92 bits per heavy atom. The van der Waals surface area contributed by atoms with Crippen LogP contribution in [0.2, 0.25) is 0 Å². The number of aromatic nitrogens is 1. The fourth-order valence-electron chi connectivity index (χ4n) is 6.24. The van der Waals surface area contributed by atoms with E-state index in [1.165, 1.54) is 11.1 Å². The van der Waals surface area contributed by atoms with Gasteiger partial charge in [-0.3, -0.25) is 9.89 Å². The number of rotatable bonds is 4. The van der Waals surface area contributed by atoms with Crippen LogP contribution in [0, 0.1) is 11.8 Å². The van der Waals surface area contributed by atoms with Gasteiger partial charge in [0.05, 0.1) is 19.0 Å². The van der Waals surface area contributed by atoms with Gasteiger partial charge in [0.2, 0.25) is 5.70 Å².